The van der Waals surface area contributed by atoms with E-state index in [0.717, 1.165) is 38.5 Å². The molecule has 0 radical (unpaired) electrons. The molecule has 2 rings (SSSR count). The molecule has 0 amide bonds. The van der Waals surface area contributed by atoms with Gasteiger partial charge in [-0.1, -0.05) is 33.6 Å². The highest BCUT2D eigenvalue weighted by Crippen LogP contribution is 2.43. The Morgan fingerprint density at radius 2 is 1.81 bits per heavy atom. The van der Waals surface area contributed by atoms with Crippen LogP contribution in [0.2, 0.25) is 0 Å². The van der Waals surface area contributed by atoms with Crippen molar-refractivity contribution in [2.75, 3.05) is 12.4 Å². The molecule has 0 N–H and O–H groups in total. The summed E-state index contributed by atoms with van der Waals surface area (Å²) in [6.07, 6.45) is 7.68. The van der Waals surface area contributed by atoms with Gasteiger partial charge in [-0.25, -0.2) is 8.42 Å². The predicted molar refractivity (Wildman–Crippen MR) is 87.1 cm³/mol. The zero-order valence-electron chi connectivity index (χ0n) is 13.5. The van der Waals surface area contributed by atoms with E-state index >= 15 is 0 Å². The summed E-state index contributed by atoms with van der Waals surface area (Å²) >= 11 is 0. The smallest absolute Gasteiger partial charge is 0.233 e. The minimum absolute atomic E-state index is 0.0627. The molecule has 0 saturated heterocycles. The van der Waals surface area contributed by atoms with Gasteiger partial charge in [0.1, 0.15) is 0 Å². The minimum atomic E-state index is -3.46. The summed E-state index contributed by atoms with van der Waals surface area (Å²) < 4.78 is 29.2. The predicted octanol–water partition coefficient (Wildman–Crippen LogP) is 4.35. The summed E-state index contributed by atoms with van der Waals surface area (Å²) in [5.41, 5.74) is 0.0785. The highest BCUT2D eigenvalue weighted by molar-refractivity contribution is 8.13. The Balaban J connectivity index is 1.96. The molecule has 0 heterocycles. The van der Waals surface area contributed by atoms with Crippen molar-refractivity contribution >= 4 is 19.7 Å². The second kappa shape index (κ2) is 6.37. The normalized spacial score (nSPS) is 32.2. The molecule has 0 bridgehead atoms. The van der Waals surface area contributed by atoms with E-state index in [4.69, 9.17) is 15.4 Å². The molecule has 21 heavy (non-hydrogen) atoms. The topological polar surface area (TPSA) is 43.4 Å². The number of hydrogen-bond acceptors (Lipinski definition) is 3. The van der Waals surface area contributed by atoms with Gasteiger partial charge in [0, 0.05) is 16.1 Å². The lowest BCUT2D eigenvalue weighted by molar-refractivity contribution is -0.0531. The molecule has 0 aromatic rings. The maximum Gasteiger partial charge on any atom is 0.233 e. The molecule has 124 valence electrons. The van der Waals surface area contributed by atoms with Crippen LogP contribution in [0, 0.1) is 16.7 Å². The Labute approximate surface area is 134 Å². The van der Waals surface area contributed by atoms with Crippen molar-refractivity contribution in [1.29, 1.82) is 0 Å². The highest BCUT2D eigenvalue weighted by Gasteiger charge is 2.40. The van der Waals surface area contributed by atoms with Gasteiger partial charge in [0.05, 0.1) is 18.5 Å². The second-order valence-electron chi connectivity index (χ2n) is 8.24. The molecule has 0 aliphatic heterocycles. The van der Waals surface area contributed by atoms with Gasteiger partial charge >= 0.3 is 0 Å². The molecule has 2 atom stereocenters. The van der Waals surface area contributed by atoms with E-state index in [-0.39, 0.29) is 17.3 Å². The first-order chi connectivity index (χ1) is 9.59. The van der Waals surface area contributed by atoms with E-state index < -0.39 is 9.05 Å². The molecule has 5 heteroatoms. The van der Waals surface area contributed by atoms with E-state index in [1.165, 1.54) is 6.42 Å². The van der Waals surface area contributed by atoms with Gasteiger partial charge in [-0.3, -0.25) is 0 Å². The van der Waals surface area contributed by atoms with Crippen LogP contribution in [-0.2, 0) is 13.8 Å². The maximum absolute atomic E-state index is 11.5. The van der Waals surface area contributed by atoms with Crippen molar-refractivity contribution in [3.63, 3.8) is 0 Å². The van der Waals surface area contributed by atoms with E-state index in [1.807, 2.05) is 0 Å². The maximum atomic E-state index is 11.5. The molecular formula is C16H29ClO3S. The molecule has 3 nitrogen and oxygen atoms in total. The number of ether oxygens (including phenoxy) is 1. The largest absolute Gasteiger partial charge is 0.378 e. The van der Waals surface area contributed by atoms with Crippen LogP contribution in [0.1, 0.15) is 65.7 Å². The fourth-order valence-corrected chi connectivity index (χ4v) is 6.30. The van der Waals surface area contributed by atoms with Crippen LogP contribution in [0.25, 0.3) is 0 Å². The highest BCUT2D eigenvalue weighted by atomic mass is 35.7. The monoisotopic (exact) mass is 336 g/mol. The molecule has 2 unspecified atom stereocenters. The molecule has 2 fully saturated rings. The average molecular weight is 337 g/mol. The van der Waals surface area contributed by atoms with Crippen LogP contribution in [0.4, 0.5) is 0 Å². The quantitative estimate of drug-likeness (QED) is 0.701. The number of rotatable bonds is 5. The van der Waals surface area contributed by atoms with Crippen LogP contribution < -0.4 is 0 Å². The standard InChI is InChI=1S/C16H29ClO3S/c1-13-8-14(10-15(2,3)9-13)20-11-16(6-4-5-7-16)12-21(17,18)19/h13-14H,4-12H2,1-3H3. The molecule has 0 aromatic carbocycles. The van der Waals surface area contributed by atoms with Crippen molar-refractivity contribution in [2.45, 2.75) is 71.8 Å². The van der Waals surface area contributed by atoms with Gasteiger partial charge in [-0.05, 0) is 43.4 Å². The zero-order valence-corrected chi connectivity index (χ0v) is 15.1. The first-order valence-corrected chi connectivity index (χ1v) is 10.6. The van der Waals surface area contributed by atoms with Gasteiger partial charge in [0.25, 0.3) is 0 Å². The van der Waals surface area contributed by atoms with Crippen molar-refractivity contribution in [3.05, 3.63) is 0 Å². The van der Waals surface area contributed by atoms with Crippen molar-refractivity contribution < 1.29 is 13.2 Å². The summed E-state index contributed by atoms with van der Waals surface area (Å²) in [4.78, 5) is 0. The second-order valence-corrected chi connectivity index (χ2v) is 11.0. The van der Waals surface area contributed by atoms with Crippen LogP contribution in [0.3, 0.4) is 0 Å². The van der Waals surface area contributed by atoms with E-state index in [1.54, 1.807) is 0 Å². The zero-order chi connectivity index (χ0) is 15.7. The van der Waals surface area contributed by atoms with Gasteiger partial charge in [-0.15, -0.1) is 0 Å². The molecule has 2 aliphatic rings. The summed E-state index contributed by atoms with van der Waals surface area (Å²) in [7, 11) is 2.05. The van der Waals surface area contributed by atoms with E-state index in [0.29, 0.717) is 17.9 Å². The minimum Gasteiger partial charge on any atom is -0.378 e. The number of halogens is 1. The van der Waals surface area contributed by atoms with Crippen molar-refractivity contribution in [2.24, 2.45) is 16.7 Å². The molecule has 0 aromatic heterocycles. The Morgan fingerprint density at radius 1 is 1.19 bits per heavy atom. The van der Waals surface area contributed by atoms with E-state index in [2.05, 4.69) is 20.8 Å². The summed E-state index contributed by atoms with van der Waals surface area (Å²) in [5.74, 6) is 0.739. The Kier molecular flexibility index (Phi) is 5.32. The fourth-order valence-electron chi connectivity index (χ4n) is 4.50. The lowest BCUT2D eigenvalue weighted by Gasteiger charge is -2.40. The Morgan fingerprint density at radius 3 is 2.33 bits per heavy atom. The summed E-state index contributed by atoms with van der Waals surface area (Å²) in [6, 6.07) is 0. The van der Waals surface area contributed by atoms with Gasteiger partial charge in [0.2, 0.25) is 9.05 Å². The Hall–Kier alpha value is 0.200. The lowest BCUT2D eigenvalue weighted by atomic mass is 9.71. The van der Waals surface area contributed by atoms with Crippen LogP contribution in [-0.4, -0.2) is 26.9 Å². The van der Waals surface area contributed by atoms with Crippen molar-refractivity contribution in [1.82, 2.24) is 0 Å². The van der Waals surface area contributed by atoms with Crippen molar-refractivity contribution in [3.8, 4) is 0 Å². The van der Waals surface area contributed by atoms with E-state index in [9.17, 15) is 8.42 Å². The average Bonchev–Trinajstić information content (AvgIpc) is 2.70. The first-order valence-electron chi connectivity index (χ1n) is 8.13. The third-order valence-corrected chi connectivity index (χ3v) is 6.40. The summed E-state index contributed by atoms with van der Waals surface area (Å²) in [6.45, 7) is 7.43. The SMILES string of the molecule is CC1CC(OCC2(CS(=O)(=O)Cl)CCCC2)CC(C)(C)C1. The van der Waals surface area contributed by atoms with Gasteiger partial charge < -0.3 is 4.74 Å². The molecule has 2 saturated carbocycles. The van der Waals surface area contributed by atoms with Gasteiger partial charge in [0.15, 0.2) is 0 Å². The molecular weight excluding hydrogens is 308 g/mol. The van der Waals surface area contributed by atoms with Crippen LogP contribution in [0.15, 0.2) is 0 Å². The Bertz CT molecular complexity index is 452. The van der Waals surface area contributed by atoms with Gasteiger partial charge in [-0.2, -0.15) is 0 Å². The first kappa shape index (κ1) is 17.6. The lowest BCUT2D eigenvalue weighted by Crippen LogP contribution is -2.37. The molecule has 0 spiro atoms. The van der Waals surface area contributed by atoms with Crippen LogP contribution in [0.5, 0.6) is 0 Å². The van der Waals surface area contributed by atoms with Crippen LogP contribution >= 0.6 is 10.7 Å². The third kappa shape index (κ3) is 5.40. The molecule has 2 aliphatic carbocycles. The fraction of sp³-hybridized carbons (Fsp3) is 1.00. The third-order valence-electron chi connectivity index (χ3n) is 5.11. The number of hydrogen-bond donors (Lipinski definition) is 0. The summed E-state index contributed by atoms with van der Waals surface area (Å²) in [5, 5.41) is 0.